The molecule has 1 aromatic heterocycles. The van der Waals surface area contributed by atoms with Gasteiger partial charge in [-0.15, -0.1) is 10.2 Å². The maximum atomic E-state index is 14.7. The van der Waals surface area contributed by atoms with Crippen molar-refractivity contribution in [3.8, 4) is 34.0 Å². The number of nitrogens with one attached hydrogen (secondary N) is 4. The Labute approximate surface area is 286 Å². The highest BCUT2D eigenvalue weighted by atomic mass is 32.2. The minimum atomic E-state index is -5.06. The molecule has 0 spiro atoms. The smallest absolute Gasteiger partial charge is 0.417 e. The fourth-order valence-corrected chi connectivity index (χ4v) is 6.78. The van der Waals surface area contributed by atoms with Gasteiger partial charge < -0.3 is 20.1 Å². The zero-order valence-corrected chi connectivity index (χ0v) is 27.8. The SMILES string of the molecule is COc1ccc(CNS(=O)(=O)c2c(C(F)(F)F)ccc(-c3ccc(C(=N)NC4CNC4)cc3)c2-c2nnn(Cc3ccc(OC)cc3)n2)cc1. The third kappa shape index (κ3) is 7.61. The van der Waals surface area contributed by atoms with Crippen LogP contribution in [-0.4, -0.2) is 67.8 Å². The minimum Gasteiger partial charge on any atom is -0.497 e. The Bertz CT molecular complexity index is 2080. The van der Waals surface area contributed by atoms with Crippen LogP contribution >= 0.6 is 0 Å². The Morgan fingerprint density at radius 3 is 2.10 bits per heavy atom. The van der Waals surface area contributed by atoms with E-state index in [1.54, 1.807) is 72.8 Å². The van der Waals surface area contributed by atoms with Crippen molar-refractivity contribution >= 4 is 15.9 Å². The molecule has 0 unspecified atom stereocenters. The Hall–Kier alpha value is -5.32. The summed E-state index contributed by atoms with van der Waals surface area (Å²) >= 11 is 0. The van der Waals surface area contributed by atoms with Crippen LogP contribution in [0.3, 0.4) is 0 Å². The van der Waals surface area contributed by atoms with E-state index in [4.69, 9.17) is 14.9 Å². The number of alkyl halides is 3. The number of tetrazole rings is 1. The Morgan fingerprint density at radius 1 is 0.920 bits per heavy atom. The zero-order chi connectivity index (χ0) is 35.5. The second kappa shape index (κ2) is 14.3. The van der Waals surface area contributed by atoms with Crippen molar-refractivity contribution in [2.24, 2.45) is 0 Å². The van der Waals surface area contributed by atoms with Crippen LogP contribution in [0.25, 0.3) is 22.5 Å². The summed E-state index contributed by atoms with van der Waals surface area (Å²) in [5, 5.41) is 27.2. The molecule has 4 N–H and O–H groups in total. The molecule has 0 radical (unpaired) electrons. The van der Waals surface area contributed by atoms with Crippen LogP contribution < -0.4 is 24.8 Å². The molecule has 0 amide bonds. The molecule has 2 heterocycles. The number of rotatable bonds is 12. The van der Waals surface area contributed by atoms with Gasteiger partial charge in [0.15, 0.2) is 0 Å². The lowest BCUT2D eigenvalue weighted by atomic mass is 9.95. The molecule has 1 aliphatic rings. The van der Waals surface area contributed by atoms with E-state index < -0.39 is 26.7 Å². The molecule has 1 saturated heterocycles. The van der Waals surface area contributed by atoms with Crippen LogP contribution in [0.15, 0.2) is 89.8 Å². The first kappa shape index (κ1) is 34.5. The van der Waals surface area contributed by atoms with Gasteiger partial charge >= 0.3 is 6.18 Å². The fourth-order valence-electron chi connectivity index (χ4n) is 5.34. The standard InChI is InChI=1S/C34H33F3N8O4S/c1-48-26-11-3-21(4-12-26)17-40-50(46,47)31-29(34(35,36)37)16-15-28(23-7-9-24(10-8-23)32(38)41-25-18-39-19-25)30(31)33-42-44-45(43-33)20-22-5-13-27(49-2)14-6-22/h3-16,25,39-40H,17-20H2,1-2H3,(H2,38,41). The summed E-state index contributed by atoms with van der Waals surface area (Å²) in [6.45, 7) is 1.26. The molecule has 50 heavy (non-hydrogen) atoms. The average molecular weight is 707 g/mol. The molecule has 0 atom stereocenters. The van der Waals surface area contributed by atoms with Gasteiger partial charge in [-0.05, 0) is 57.8 Å². The number of hydrogen-bond donors (Lipinski definition) is 4. The van der Waals surface area contributed by atoms with E-state index in [0.717, 1.165) is 24.7 Å². The predicted molar refractivity (Wildman–Crippen MR) is 179 cm³/mol. The average Bonchev–Trinajstić information content (AvgIpc) is 3.56. The van der Waals surface area contributed by atoms with E-state index in [9.17, 15) is 21.6 Å². The molecule has 6 rings (SSSR count). The van der Waals surface area contributed by atoms with Gasteiger partial charge in [0.1, 0.15) is 22.2 Å². The van der Waals surface area contributed by atoms with Gasteiger partial charge in [0, 0.05) is 25.2 Å². The van der Waals surface area contributed by atoms with E-state index in [0.29, 0.717) is 28.2 Å². The van der Waals surface area contributed by atoms with Crippen molar-refractivity contribution < 1.29 is 31.1 Å². The molecule has 16 heteroatoms. The third-order valence-corrected chi connectivity index (χ3v) is 9.62. The lowest BCUT2D eigenvalue weighted by molar-refractivity contribution is -0.139. The van der Waals surface area contributed by atoms with E-state index in [1.807, 2.05) is 0 Å². The Morgan fingerprint density at radius 2 is 1.54 bits per heavy atom. The number of amidine groups is 1. The van der Waals surface area contributed by atoms with E-state index in [2.05, 4.69) is 30.8 Å². The van der Waals surface area contributed by atoms with Crippen molar-refractivity contribution in [1.82, 2.24) is 35.6 Å². The molecular weight excluding hydrogens is 673 g/mol. The summed E-state index contributed by atoms with van der Waals surface area (Å²) in [5.41, 5.74) is 0.540. The highest BCUT2D eigenvalue weighted by Gasteiger charge is 2.41. The highest BCUT2D eigenvalue weighted by molar-refractivity contribution is 7.89. The zero-order valence-electron chi connectivity index (χ0n) is 27.0. The minimum absolute atomic E-state index is 0.101. The number of benzene rings is 4. The number of halogens is 3. The number of aromatic nitrogens is 4. The Balaban J connectivity index is 1.45. The molecule has 260 valence electrons. The monoisotopic (exact) mass is 706 g/mol. The maximum Gasteiger partial charge on any atom is 0.417 e. The summed E-state index contributed by atoms with van der Waals surface area (Å²) in [5.74, 6) is 1.03. The summed E-state index contributed by atoms with van der Waals surface area (Å²) in [6.07, 6.45) is -5.06. The molecule has 1 aliphatic heterocycles. The first-order chi connectivity index (χ1) is 23.9. The second-order valence-corrected chi connectivity index (χ2v) is 13.2. The first-order valence-corrected chi connectivity index (χ1v) is 16.9. The molecule has 5 aromatic rings. The van der Waals surface area contributed by atoms with Gasteiger partial charge in [0.25, 0.3) is 0 Å². The summed E-state index contributed by atoms with van der Waals surface area (Å²) in [6, 6.07) is 22.0. The third-order valence-electron chi connectivity index (χ3n) is 8.13. The van der Waals surface area contributed by atoms with Crippen LogP contribution in [0.2, 0.25) is 0 Å². The highest BCUT2D eigenvalue weighted by Crippen LogP contribution is 2.43. The lowest BCUT2D eigenvalue weighted by Crippen LogP contribution is -2.56. The number of hydrogen-bond acceptors (Lipinski definition) is 9. The largest absolute Gasteiger partial charge is 0.497 e. The van der Waals surface area contributed by atoms with E-state index in [-0.39, 0.29) is 41.9 Å². The van der Waals surface area contributed by atoms with Gasteiger partial charge in [-0.1, -0.05) is 54.6 Å². The van der Waals surface area contributed by atoms with Crippen LogP contribution in [-0.2, 0) is 29.3 Å². The number of methoxy groups -OCH3 is 2. The van der Waals surface area contributed by atoms with Crippen molar-refractivity contribution in [3.63, 3.8) is 0 Å². The van der Waals surface area contributed by atoms with Crippen molar-refractivity contribution in [2.75, 3.05) is 27.3 Å². The number of ether oxygens (including phenoxy) is 2. The van der Waals surface area contributed by atoms with E-state index in [1.165, 1.54) is 25.1 Å². The summed E-state index contributed by atoms with van der Waals surface area (Å²) in [4.78, 5) is 0.143. The number of nitrogens with zero attached hydrogens (tertiary/aromatic N) is 4. The van der Waals surface area contributed by atoms with Gasteiger partial charge in [-0.3, -0.25) is 5.41 Å². The van der Waals surface area contributed by atoms with Crippen LogP contribution in [0.4, 0.5) is 13.2 Å². The van der Waals surface area contributed by atoms with Gasteiger partial charge in [-0.25, -0.2) is 13.1 Å². The molecule has 0 bridgehead atoms. The maximum absolute atomic E-state index is 14.7. The fraction of sp³-hybridized carbons (Fsp3) is 0.235. The summed E-state index contributed by atoms with van der Waals surface area (Å²) in [7, 11) is -1.85. The normalized spacial score (nSPS) is 13.5. The topological polar surface area (TPSA) is 156 Å². The lowest BCUT2D eigenvalue weighted by Gasteiger charge is -2.29. The van der Waals surface area contributed by atoms with Gasteiger partial charge in [-0.2, -0.15) is 18.0 Å². The molecule has 12 nitrogen and oxygen atoms in total. The van der Waals surface area contributed by atoms with Gasteiger partial charge in [0.2, 0.25) is 15.8 Å². The van der Waals surface area contributed by atoms with Crippen molar-refractivity contribution in [3.05, 3.63) is 107 Å². The van der Waals surface area contributed by atoms with E-state index >= 15 is 0 Å². The van der Waals surface area contributed by atoms with Crippen LogP contribution in [0.1, 0.15) is 22.3 Å². The van der Waals surface area contributed by atoms with Crippen molar-refractivity contribution in [2.45, 2.75) is 30.2 Å². The van der Waals surface area contributed by atoms with Gasteiger partial charge in [0.05, 0.1) is 37.9 Å². The molecule has 0 aliphatic carbocycles. The quantitative estimate of drug-likeness (QED) is 0.109. The molecule has 4 aromatic carbocycles. The molecule has 1 fully saturated rings. The predicted octanol–water partition coefficient (Wildman–Crippen LogP) is 4.46. The molecular formula is C34H33F3N8O4S. The van der Waals surface area contributed by atoms with Crippen LogP contribution in [0.5, 0.6) is 11.5 Å². The van der Waals surface area contributed by atoms with Crippen molar-refractivity contribution in [1.29, 1.82) is 5.41 Å². The second-order valence-electron chi connectivity index (χ2n) is 11.5. The molecule has 0 saturated carbocycles. The summed E-state index contributed by atoms with van der Waals surface area (Å²) < 4.78 is 84.8. The first-order valence-electron chi connectivity index (χ1n) is 15.4. The number of sulfonamides is 1. The van der Waals surface area contributed by atoms with Crippen LogP contribution in [0, 0.1) is 5.41 Å². The Kier molecular flexibility index (Phi) is 9.86.